The first-order valence-corrected chi connectivity index (χ1v) is 5.11. The van der Waals surface area contributed by atoms with E-state index >= 15 is 0 Å². The second kappa shape index (κ2) is 3.35. The van der Waals surface area contributed by atoms with E-state index in [9.17, 15) is 9.59 Å². The Bertz CT molecular complexity index is 444. The summed E-state index contributed by atoms with van der Waals surface area (Å²) in [6.07, 6.45) is 0.285. The van der Waals surface area contributed by atoms with Gasteiger partial charge >= 0.3 is 0 Å². The van der Waals surface area contributed by atoms with Gasteiger partial charge in [0.2, 0.25) is 0 Å². The highest BCUT2D eigenvalue weighted by molar-refractivity contribution is 6.52. The summed E-state index contributed by atoms with van der Waals surface area (Å²) in [7, 11) is 0. The fraction of sp³-hybridized carbons (Fsp3) is 0.273. The third kappa shape index (κ3) is 1.35. The molecular formula is C11H10ClNO2. The van der Waals surface area contributed by atoms with Crippen LogP contribution in [0.4, 0.5) is 5.69 Å². The number of carbonyl (C=O) groups excluding carboxylic acids is 2. The summed E-state index contributed by atoms with van der Waals surface area (Å²) < 4.78 is 0. The number of ketones is 1. The minimum Gasteiger partial charge on any atom is -0.323 e. The first-order valence-electron chi connectivity index (χ1n) is 4.74. The number of para-hydroxylation sites is 1. The largest absolute Gasteiger partial charge is 0.323 e. The van der Waals surface area contributed by atoms with Gasteiger partial charge in [-0.15, -0.1) is 0 Å². The van der Waals surface area contributed by atoms with Crippen LogP contribution in [-0.2, 0) is 4.79 Å². The van der Waals surface area contributed by atoms with Crippen molar-refractivity contribution >= 4 is 29.0 Å². The Hall–Kier alpha value is -1.35. The number of Topliss-reactive ketones (excluding diaryl/α,β-unsaturated/α-hetero) is 1. The van der Waals surface area contributed by atoms with Gasteiger partial charge in [-0.1, -0.05) is 30.7 Å². The number of anilines is 1. The van der Waals surface area contributed by atoms with Crippen LogP contribution in [0, 0.1) is 0 Å². The molecule has 3 nitrogen and oxygen atoms in total. The maximum Gasteiger partial charge on any atom is 0.253 e. The summed E-state index contributed by atoms with van der Waals surface area (Å²) in [5.74, 6) is -0.749. The molecule has 1 heterocycles. The summed E-state index contributed by atoms with van der Waals surface area (Å²) >= 11 is 6.03. The second-order valence-corrected chi connectivity index (χ2v) is 4.13. The Morgan fingerprint density at radius 2 is 2.00 bits per heavy atom. The van der Waals surface area contributed by atoms with Gasteiger partial charge < -0.3 is 5.32 Å². The first-order chi connectivity index (χ1) is 7.09. The number of hydrogen-bond donors (Lipinski definition) is 1. The molecule has 1 N–H and O–H groups in total. The smallest absolute Gasteiger partial charge is 0.253 e. The zero-order valence-corrected chi connectivity index (χ0v) is 8.97. The SMILES string of the molecule is CCC1(Cl)C(=O)Nc2ccccc2C1=O. The summed E-state index contributed by atoms with van der Waals surface area (Å²) in [4.78, 5) is 22.2. The molecule has 0 saturated heterocycles. The lowest BCUT2D eigenvalue weighted by Gasteiger charge is -2.29. The molecule has 78 valence electrons. The zero-order valence-electron chi connectivity index (χ0n) is 8.21. The minimum absolute atomic E-state index is 0.285. The van der Waals surface area contributed by atoms with Gasteiger partial charge in [-0.3, -0.25) is 9.59 Å². The van der Waals surface area contributed by atoms with E-state index in [4.69, 9.17) is 11.6 Å². The molecule has 4 heteroatoms. The third-order valence-corrected chi connectivity index (χ3v) is 3.24. The fourth-order valence-corrected chi connectivity index (χ4v) is 1.80. The van der Waals surface area contributed by atoms with Crippen molar-refractivity contribution < 1.29 is 9.59 Å². The highest BCUT2D eigenvalue weighted by Gasteiger charge is 2.46. The molecule has 1 aliphatic heterocycles. The lowest BCUT2D eigenvalue weighted by atomic mass is 9.89. The zero-order chi connectivity index (χ0) is 11.1. The third-order valence-electron chi connectivity index (χ3n) is 2.63. The van der Waals surface area contributed by atoms with Crippen LogP contribution >= 0.6 is 11.6 Å². The highest BCUT2D eigenvalue weighted by Crippen LogP contribution is 2.34. The molecule has 0 radical (unpaired) electrons. The van der Waals surface area contributed by atoms with Crippen molar-refractivity contribution in [3.8, 4) is 0 Å². The van der Waals surface area contributed by atoms with Crippen LogP contribution in [0.3, 0.4) is 0 Å². The normalized spacial score (nSPS) is 24.7. The molecular weight excluding hydrogens is 214 g/mol. The molecule has 15 heavy (non-hydrogen) atoms. The van der Waals surface area contributed by atoms with Crippen molar-refractivity contribution in [2.45, 2.75) is 18.2 Å². The predicted octanol–water partition coefficient (Wildman–Crippen LogP) is 2.21. The van der Waals surface area contributed by atoms with E-state index in [0.717, 1.165) is 0 Å². The van der Waals surface area contributed by atoms with Gasteiger partial charge in [-0.2, -0.15) is 0 Å². The number of amides is 1. The summed E-state index contributed by atoms with van der Waals surface area (Å²) in [6, 6.07) is 6.88. The molecule has 0 saturated carbocycles. The number of halogens is 1. The van der Waals surface area contributed by atoms with Gasteiger partial charge in [0.1, 0.15) is 0 Å². The number of nitrogens with one attached hydrogen (secondary N) is 1. The minimum atomic E-state index is -1.44. The summed E-state index contributed by atoms with van der Waals surface area (Å²) in [5, 5.41) is 2.64. The van der Waals surface area contributed by atoms with E-state index in [1.165, 1.54) is 0 Å². The van der Waals surface area contributed by atoms with E-state index in [1.807, 2.05) is 0 Å². The highest BCUT2D eigenvalue weighted by atomic mass is 35.5. The molecule has 1 aromatic rings. The standard InChI is InChI=1S/C11H10ClNO2/c1-2-11(12)9(14)7-5-3-4-6-8(7)13-10(11)15/h3-6H,2H2,1H3,(H,13,15). The van der Waals surface area contributed by atoms with E-state index in [0.29, 0.717) is 11.3 Å². The Labute approximate surface area is 92.4 Å². The predicted molar refractivity (Wildman–Crippen MR) is 58.3 cm³/mol. The van der Waals surface area contributed by atoms with Crippen molar-refractivity contribution in [3.63, 3.8) is 0 Å². The lowest BCUT2D eigenvalue weighted by Crippen LogP contribution is -2.48. The van der Waals surface area contributed by atoms with Gasteiger partial charge in [0, 0.05) is 5.56 Å². The number of alkyl halides is 1. The summed E-state index contributed by atoms with van der Waals surface area (Å²) in [6.45, 7) is 1.72. The van der Waals surface area contributed by atoms with E-state index in [2.05, 4.69) is 5.32 Å². The number of hydrogen-bond acceptors (Lipinski definition) is 2. The quantitative estimate of drug-likeness (QED) is 0.586. The number of benzene rings is 1. The maximum atomic E-state index is 12.0. The molecule has 1 aromatic carbocycles. The Kier molecular flexibility index (Phi) is 2.27. The number of fused-ring (bicyclic) bond motifs is 1. The van der Waals surface area contributed by atoms with Crippen molar-refractivity contribution in [2.75, 3.05) is 5.32 Å². The monoisotopic (exact) mass is 223 g/mol. The fourth-order valence-electron chi connectivity index (χ4n) is 1.65. The van der Waals surface area contributed by atoms with Crippen LogP contribution < -0.4 is 5.32 Å². The Balaban J connectivity index is 2.57. The number of carbonyl (C=O) groups is 2. The van der Waals surface area contributed by atoms with Gasteiger partial charge in [-0.05, 0) is 18.6 Å². The summed E-state index contributed by atoms with van der Waals surface area (Å²) in [5.41, 5.74) is 1.02. The topological polar surface area (TPSA) is 46.2 Å². The van der Waals surface area contributed by atoms with Crippen LogP contribution in [0.15, 0.2) is 24.3 Å². The molecule has 0 aliphatic carbocycles. The van der Waals surface area contributed by atoms with Crippen LogP contribution in [-0.4, -0.2) is 16.6 Å². The lowest BCUT2D eigenvalue weighted by molar-refractivity contribution is -0.117. The van der Waals surface area contributed by atoms with Crippen LogP contribution in [0.2, 0.25) is 0 Å². The van der Waals surface area contributed by atoms with Gasteiger partial charge in [0.05, 0.1) is 5.69 Å². The molecule has 2 rings (SSSR count). The van der Waals surface area contributed by atoms with E-state index in [-0.39, 0.29) is 12.2 Å². The molecule has 1 amide bonds. The molecule has 0 fully saturated rings. The molecule has 1 aliphatic rings. The van der Waals surface area contributed by atoms with Crippen molar-refractivity contribution in [1.82, 2.24) is 0 Å². The van der Waals surface area contributed by atoms with Crippen LogP contribution in [0.25, 0.3) is 0 Å². The average molecular weight is 224 g/mol. The molecule has 1 atom stereocenters. The Morgan fingerprint density at radius 1 is 1.33 bits per heavy atom. The van der Waals surface area contributed by atoms with Crippen LogP contribution in [0.5, 0.6) is 0 Å². The van der Waals surface area contributed by atoms with Crippen molar-refractivity contribution in [2.24, 2.45) is 0 Å². The second-order valence-electron chi connectivity index (χ2n) is 3.48. The maximum absolute atomic E-state index is 12.0. The molecule has 0 spiro atoms. The molecule has 0 aromatic heterocycles. The number of rotatable bonds is 1. The Morgan fingerprint density at radius 3 is 2.67 bits per heavy atom. The van der Waals surface area contributed by atoms with Crippen LogP contribution in [0.1, 0.15) is 23.7 Å². The average Bonchev–Trinajstić information content (AvgIpc) is 2.26. The molecule has 0 bridgehead atoms. The van der Waals surface area contributed by atoms with Crippen molar-refractivity contribution in [3.05, 3.63) is 29.8 Å². The van der Waals surface area contributed by atoms with Gasteiger partial charge in [-0.25, -0.2) is 0 Å². The van der Waals surface area contributed by atoms with E-state index in [1.54, 1.807) is 31.2 Å². The molecule has 1 unspecified atom stereocenters. The van der Waals surface area contributed by atoms with Crippen molar-refractivity contribution in [1.29, 1.82) is 0 Å². The van der Waals surface area contributed by atoms with Gasteiger partial charge in [0.15, 0.2) is 10.7 Å². The van der Waals surface area contributed by atoms with Gasteiger partial charge in [0.25, 0.3) is 5.91 Å². The first kappa shape index (κ1) is 10.2. The van der Waals surface area contributed by atoms with E-state index < -0.39 is 10.8 Å².